The van der Waals surface area contributed by atoms with Gasteiger partial charge in [-0.2, -0.15) is 31.3 Å². The van der Waals surface area contributed by atoms with Gasteiger partial charge in [-0.05, 0) is 0 Å². The van der Waals surface area contributed by atoms with Crippen molar-refractivity contribution < 1.29 is 273 Å². The fourth-order valence-electron chi connectivity index (χ4n) is 0. The van der Waals surface area contributed by atoms with Gasteiger partial charge in [0.05, 0.1) is 0 Å². The Morgan fingerprint density at radius 3 is 0.310 bits per heavy atom. The Bertz CT molecular complexity index is 319. The van der Waals surface area contributed by atoms with Crippen molar-refractivity contribution in [2.75, 3.05) is 0 Å². The van der Waals surface area contributed by atoms with Crippen molar-refractivity contribution in [1.82, 2.24) is 0 Å². The van der Waals surface area contributed by atoms with Crippen molar-refractivity contribution in [3.05, 3.63) is 0 Å². The summed E-state index contributed by atoms with van der Waals surface area (Å²) < 4.78 is 34.2. The topological polar surface area (TPSA) is 345 Å². The molecule has 16 nitrogen and oxygen atoms in total. The van der Waals surface area contributed by atoms with Gasteiger partial charge in [0, 0.05) is 0 Å². The molecule has 0 saturated heterocycles. The molecule has 0 aromatic heterocycles. The first-order valence-electron chi connectivity index (χ1n) is 2.92. The van der Waals surface area contributed by atoms with Gasteiger partial charge >= 0.3 is 196 Å². The summed E-state index contributed by atoms with van der Waals surface area (Å²) >= 11 is 0. The van der Waals surface area contributed by atoms with E-state index >= 15 is 0 Å². The van der Waals surface area contributed by atoms with Crippen LogP contribution in [-0.2, 0) is 68.6 Å². The molecule has 0 aliphatic carbocycles. The minimum Gasteiger partial charge on any atom is -0.822 e. The van der Waals surface area contributed by atoms with Crippen molar-refractivity contribution in [3.8, 4) is 0 Å². The van der Waals surface area contributed by atoms with Crippen LogP contribution in [0.5, 0.6) is 0 Å². The van der Waals surface area contributed by atoms with Crippen molar-refractivity contribution in [2.24, 2.45) is 0 Å². The number of hydrogen-bond acceptors (Lipinski definition) is 16. The number of hydrogen-bond donors (Lipinski definition) is 0. The zero-order chi connectivity index (χ0) is 18.0. The number of rotatable bonds is 0. The molecule has 0 N–H and O–H groups in total. The monoisotopic (exact) mass is 647 g/mol. The second-order valence-electron chi connectivity index (χ2n) is 1.79. The van der Waals surface area contributed by atoms with Gasteiger partial charge in [-0.3, -0.25) is 0 Å². The molecule has 3 radical (unpaired) electrons. The molecule has 0 aromatic rings. The summed E-state index contributed by atoms with van der Waals surface area (Å²) in [6, 6.07) is 0. The Hall–Kier alpha value is 6.75. The summed E-state index contributed by atoms with van der Waals surface area (Å²) in [5.41, 5.74) is 0. The van der Waals surface area contributed by atoms with Gasteiger partial charge < -0.3 is 77.0 Å². The molecule has 29 heteroatoms. The van der Waals surface area contributed by atoms with Crippen LogP contribution < -0.4 is 204 Å². The van der Waals surface area contributed by atoms with Crippen LogP contribution in [-0.4, -0.2) is 0 Å². The molecule has 0 fully saturated rings. The predicted octanol–water partition coefficient (Wildman–Crippen LogP) is -29.3. The second-order valence-corrected chi connectivity index (χ2v) is 5.37. The van der Waals surface area contributed by atoms with Crippen molar-refractivity contribution in [2.45, 2.75) is 0 Å². The molecule has 0 atom stereocenters. The van der Waals surface area contributed by atoms with E-state index in [9.17, 15) is 0 Å². The maximum absolute atomic E-state index is 8.55. The van der Waals surface area contributed by atoms with Gasteiger partial charge in [-0.1, -0.05) is 0 Å². The Kier molecular flexibility index (Phi) is 120. The third kappa shape index (κ3) is 818. The van der Waals surface area contributed by atoms with Crippen molar-refractivity contribution in [1.29, 1.82) is 0 Å². The fourth-order valence-corrected chi connectivity index (χ4v) is 0. The molecule has 0 rings (SSSR count). The van der Waals surface area contributed by atoms with E-state index in [1.165, 1.54) is 0 Å². The first kappa shape index (κ1) is 83.4. The third-order valence-corrected chi connectivity index (χ3v) is 0. The molecule has 29 heavy (non-hydrogen) atoms. The summed E-state index contributed by atoms with van der Waals surface area (Å²) in [7, 11) is -21.6. The van der Waals surface area contributed by atoms with E-state index in [1.54, 1.807) is 0 Å². The molecule has 0 spiro atoms. The van der Waals surface area contributed by atoms with Gasteiger partial charge in [0.2, 0.25) is 0 Å². The Morgan fingerprint density at radius 2 is 0.310 bits per heavy atom. The van der Waals surface area contributed by atoms with Crippen LogP contribution in [0.1, 0.15) is 0 Å². The van der Waals surface area contributed by atoms with E-state index in [0.717, 1.165) is 0 Å². The molecule has 0 unspecified atom stereocenters. The molecule has 149 valence electrons. The molecular weight excluding hydrogens is 646 g/mol. The zero-order valence-corrected chi connectivity index (χ0v) is 28.0. The largest absolute Gasteiger partial charge is 2.00 e. The predicted molar refractivity (Wildman–Crippen MR) is 30.4 cm³/mol. The summed E-state index contributed by atoms with van der Waals surface area (Å²) in [5, 5.41) is 0. The summed E-state index contributed by atoms with van der Waals surface area (Å²) in [6.07, 6.45) is 0. The summed E-state index contributed by atoms with van der Waals surface area (Å²) in [5.74, 6) is 0. The Balaban J connectivity index is -0.00000000970. The van der Waals surface area contributed by atoms with Crippen LogP contribution in [0.3, 0.4) is 0 Å². The molecule has 0 amide bonds. The minimum absolute atomic E-state index is 0. The van der Waals surface area contributed by atoms with Gasteiger partial charge in [-0.15, -0.1) is 0 Å². The third-order valence-electron chi connectivity index (χ3n) is 0. The van der Waals surface area contributed by atoms with Crippen LogP contribution in [0, 0.1) is 0 Å². The van der Waals surface area contributed by atoms with Gasteiger partial charge in [0.15, 0.2) is 0 Å². The zero-order valence-electron chi connectivity index (χ0n) is 15.3. The SMILES string of the molecule is O=P([O-])([O-])[O-].O=P([O-])([O-])[O-].O=P([O-])([O-])[O-].O=P([O-])([O-])[O-].[Co+2].[Co+2].[Co+2].[Li+].[Li+].[Li+].[Na+].[Na+].[Na+]. The van der Waals surface area contributed by atoms with Crippen LogP contribution in [0.4, 0.5) is 0 Å². The molecule has 0 aliphatic heterocycles. The van der Waals surface area contributed by atoms with Gasteiger partial charge in [-0.25, -0.2) is 0 Å². The van der Waals surface area contributed by atoms with Gasteiger partial charge in [0.1, 0.15) is 0 Å². The molecule has 0 aromatic carbocycles. The normalized spacial score (nSPS) is 8.14. The maximum atomic E-state index is 8.55. The van der Waals surface area contributed by atoms with Crippen molar-refractivity contribution in [3.63, 3.8) is 0 Å². The quantitative estimate of drug-likeness (QED) is 0.174. The van der Waals surface area contributed by atoms with E-state index in [4.69, 9.17) is 77.0 Å². The van der Waals surface area contributed by atoms with E-state index in [2.05, 4.69) is 0 Å². The first-order chi connectivity index (χ1) is 8.00. The van der Waals surface area contributed by atoms with Gasteiger partial charge in [0.25, 0.3) is 0 Å². The van der Waals surface area contributed by atoms with Crippen LogP contribution in [0.25, 0.3) is 0 Å². The molecule has 0 saturated carbocycles. The first-order valence-corrected chi connectivity index (χ1v) is 8.76. The van der Waals surface area contributed by atoms with Crippen LogP contribution in [0.2, 0.25) is 0 Å². The minimum atomic E-state index is -5.39. The smallest absolute Gasteiger partial charge is 0.822 e. The molecule has 0 heterocycles. The molecular formula is Co3Li3Na3O16P4. The number of phosphoric acid groups is 4. The fraction of sp³-hybridized carbons (Fsp3) is 0. The Morgan fingerprint density at radius 1 is 0.310 bits per heavy atom. The molecule has 0 bridgehead atoms. The van der Waals surface area contributed by atoms with E-state index in [1.807, 2.05) is 0 Å². The van der Waals surface area contributed by atoms with Crippen molar-refractivity contribution >= 4 is 31.3 Å². The van der Waals surface area contributed by atoms with E-state index in [0.29, 0.717) is 0 Å². The second kappa shape index (κ2) is 41.9. The summed E-state index contributed by atoms with van der Waals surface area (Å²) in [4.78, 5) is 103. The standard InChI is InChI=1S/3Co.3Li.3Na.4H3O4P/c;;;;;;;;;4*1-5(2,3)4/h;;;;;;;;;4*(H3,1,2,3,4)/q3*+2;6*+1;;;;/p-12. The van der Waals surface area contributed by atoms with Crippen LogP contribution >= 0.6 is 31.3 Å². The Labute approximate surface area is 298 Å². The average molecular weight is 646 g/mol. The summed E-state index contributed by atoms with van der Waals surface area (Å²) in [6.45, 7) is 0. The van der Waals surface area contributed by atoms with E-state index in [-0.39, 0.29) is 196 Å². The van der Waals surface area contributed by atoms with E-state index < -0.39 is 31.3 Å². The molecule has 0 aliphatic rings. The maximum Gasteiger partial charge on any atom is 2.00 e. The average Bonchev–Trinajstić information content (AvgIpc) is 1.62. The van der Waals surface area contributed by atoms with Crippen LogP contribution in [0.15, 0.2) is 0 Å².